The van der Waals surface area contributed by atoms with Gasteiger partial charge in [-0.05, 0) is 51.2 Å². The van der Waals surface area contributed by atoms with Gasteiger partial charge in [0.25, 0.3) is 11.5 Å². The lowest BCUT2D eigenvalue weighted by Gasteiger charge is -2.19. The summed E-state index contributed by atoms with van der Waals surface area (Å²) >= 11 is 0. The quantitative estimate of drug-likeness (QED) is 0.777. The number of aromatic nitrogens is 3. The van der Waals surface area contributed by atoms with Gasteiger partial charge in [0.15, 0.2) is 5.54 Å². The molecule has 0 aromatic carbocycles. The van der Waals surface area contributed by atoms with Crippen molar-refractivity contribution in [3.63, 3.8) is 0 Å². The number of fused-ring (bicyclic) bond motifs is 1. The predicted octanol–water partition coefficient (Wildman–Crippen LogP) is 1.52. The molecule has 0 spiro atoms. The van der Waals surface area contributed by atoms with Crippen LogP contribution in [0.1, 0.15) is 48.3 Å². The minimum absolute atomic E-state index is 0.0471. The number of aryl methyl sites for hydroxylation is 2. The van der Waals surface area contributed by atoms with Crippen molar-refractivity contribution in [2.24, 2.45) is 0 Å². The molecule has 2 heterocycles. The Morgan fingerprint density at radius 2 is 2.04 bits per heavy atom. The fourth-order valence-electron chi connectivity index (χ4n) is 2.83. The minimum atomic E-state index is -1.24. The number of hydrogen-bond acceptors (Lipinski definition) is 4. The van der Waals surface area contributed by atoms with Crippen molar-refractivity contribution in [2.75, 3.05) is 5.32 Å². The number of anilines is 1. The highest BCUT2D eigenvalue weighted by Crippen LogP contribution is 2.20. The Morgan fingerprint density at radius 1 is 1.32 bits per heavy atom. The van der Waals surface area contributed by atoms with Crippen LogP contribution < -0.4 is 10.9 Å². The Hall–Kier alpha value is -2.90. The number of pyridine rings is 1. The summed E-state index contributed by atoms with van der Waals surface area (Å²) in [5.74, 6) is -1.58. The highest BCUT2D eigenvalue weighted by Gasteiger charge is 2.30. The second kappa shape index (κ2) is 6.19. The summed E-state index contributed by atoms with van der Waals surface area (Å²) in [5.41, 5.74) is 0.619. The molecular formula is C17H20N4O4. The van der Waals surface area contributed by atoms with Crippen molar-refractivity contribution in [3.05, 3.63) is 45.6 Å². The molecule has 0 saturated heterocycles. The van der Waals surface area contributed by atoms with E-state index in [-0.39, 0.29) is 5.56 Å². The topological polar surface area (TPSA) is 117 Å². The zero-order valence-electron chi connectivity index (χ0n) is 14.1. The lowest BCUT2D eigenvalue weighted by Crippen LogP contribution is -2.35. The molecule has 0 unspecified atom stereocenters. The van der Waals surface area contributed by atoms with Crippen LogP contribution in [0.5, 0.6) is 0 Å². The summed E-state index contributed by atoms with van der Waals surface area (Å²) in [6, 6.07) is 1.65. The van der Waals surface area contributed by atoms with Crippen LogP contribution in [0.25, 0.3) is 0 Å². The van der Waals surface area contributed by atoms with Crippen molar-refractivity contribution in [1.82, 2.24) is 14.8 Å². The summed E-state index contributed by atoms with van der Waals surface area (Å²) in [7, 11) is 0. The Morgan fingerprint density at radius 3 is 2.76 bits per heavy atom. The second-order valence-corrected chi connectivity index (χ2v) is 6.71. The van der Waals surface area contributed by atoms with E-state index in [9.17, 15) is 19.5 Å². The van der Waals surface area contributed by atoms with Crippen LogP contribution >= 0.6 is 0 Å². The average Bonchev–Trinajstić information content (AvgIpc) is 3.03. The summed E-state index contributed by atoms with van der Waals surface area (Å²) in [6.45, 7) is 3.00. The minimum Gasteiger partial charge on any atom is -0.479 e. The van der Waals surface area contributed by atoms with Gasteiger partial charge >= 0.3 is 5.97 Å². The maximum absolute atomic E-state index is 12.4. The number of nitrogens with zero attached hydrogens (tertiary/aromatic N) is 2. The molecule has 132 valence electrons. The van der Waals surface area contributed by atoms with Crippen LogP contribution in [0.15, 0.2) is 23.3 Å². The second-order valence-electron chi connectivity index (χ2n) is 6.71. The van der Waals surface area contributed by atoms with E-state index in [2.05, 4.69) is 15.4 Å². The number of H-pyrrole nitrogens is 1. The third-order valence-electron chi connectivity index (χ3n) is 4.52. The number of nitrogens with one attached hydrogen (secondary N) is 2. The van der Waals surface area contributed by atoms with Gasteiger partial charge in [0.05, 0.1) is 11.9 Å². The van der Waals surface area contributed by atoms with E-state index in [1.165, 1.54) is 30.9 Å². The number of hydrogen-bond donors (Lipinski definition) is 3. The first-order valence-electron chi connectivity index (χ1n) is 8.14. The van der Waals surface area contributed by atoms with E-state index < -0.39 is 23.0 Å². The lowest BCUT2D eigenvalue weighted by molar-refractivity contribution is -0.146. The van der Waals surface area contributed by atoms with Gasteiger partial charge in [0.1, 0.15) is 5.56 Å². The van der Waals surface area contributed by atoms with Crippen LogP contribution in [0.2, 0.25) is 0 Å². The fraction of sp³-hybridized carbons (Fsp3) is 0.412. The van der Waals surface area contributed by atoms with Crippen molar-refractivity contribution < 1.29 is 14.7 Å². The highest BCUT2D eigenvalue weighted by atomic mass is 16.4. The van der Waals surface area contributed by atoms with Crippen molar-refractivity contribution in [2.45, 2.75) is 45.1 Å². The molecule has 0 atom stereocenters. The number of carboxylic acid groups (broad SMARTS) is 1. The smallest absolute Gasteiger partial charge is 0.331 e. The van der Waals surface area contributed by atoms with Crippen LogP contribution in [-0.2, 0) is 23.2 Å². The van der Waals surface area contributed by atoms with E-state index in [4.69, 9.17) is 0 Å². The number of amides is 1. The zero-order valence-corrected chi connectivity index (χ0v) is 14.1. The molecule has 1 aliphatic carbocycles. The van der Waals surface area contributed by atoms with Crippen LogP contribution in [0.3, 0.4) is 0 Å². The zero-order chi connectivity index (χ0) is 18.2. The monoisotopic (exact) mass is 344 g/mol. The fourth-order valence-corrected chi connectivity index (χ4v) is 2.83. The number of carboxylic acids is 1. The molecule has 0 bridgehead atoms. The van der Waals surface area contributed by atoms with Crippen LogP contribution in [0, 0.1) is 0 Å². The molecule has 0 aliphatic heterocycles. The largest absolute Gasteiger partial charge is 0.479 e. The number of carbonyl (C=O) groups is 2. The third-order valence-corrected chi connectivity index (χ3v) is 4.52. The van der Waals surface area contributed by atoms with Gasteiger partial charge in [0, 0.05) is 11.9 Å². The Kier molecular flexibility index (Phi) is 4.20. The molecule has 0 saturated carbocycles. The number of carbonyl (C=O) groups excluding carboxylic acids is 1. The summed E-state index contributed by atoms with van der Waals surface area (Å²) in [5, 5.41) is 15.8. The molecule has 2 aromatic rings. The van der Waals surface area contributed by atoms with Gasteiger partial charge in [-0.2, -0.15) is 5.10 Å². The Labute approximate surface area is 143 Å². The van der Waals surface area contributed by atoms with E-state index in [1.54, 1.807) is 6.07 Å². The predicted molar refractivity (Wildman–Crippen MR) is 90.8 cm³/mol. The number of aromatic amines is 1. The SMILES string of the molecule is CC(C)(C(=O)O)n1cc(NC(=O)c2cc3c([nH]c2=O)CCCC3)cn1. The van der Waals surface area contributed by atoms with E-state index in [1.807, 2.05) is 0 Å². The molecule has 3 rings (SSSR count). The first kappa shape index (κ1) is 16.9. The first-order valence-corrected chi connectivity index (χ1v) is 8.14. The highest BCUT2D eigenvalue weighted by molar-refractivity contribution is 6.04. The Balaban J connectivity index is 1.83. The van der Waals surface area contributed by atoms with E-state index >= 15 is 0 Å². The summed E-state index contributed by atoms with van der Waals surface area (Å²) in [6.07, 6.45) is 6.53. The molecule has 0 fully saturated rings. The normalized spacial score (nSPS) is 14.0. The van der Waals surface area contributed by atoms with Gasteiger partial charge in [-0.3, -0.25) is 14.3 Å². The van der Waals surface area contributed by atoms with Crippen molar-refractivity contribution >= 4 is 17.6 Å². The molecule has 1 aliphatic rings. The first-order chi connectivity index (χ1) is 11.8. The van der Waals surface area contributed by atoms with E-state index in [0.717, 1.165) is 36.9 Å². The summed E-state index contributed by atoms with van der Waals surface area (Å²) < 4.78 is 1.25. The molecule has 3 N–H and O–H groups in total. The maximum Gasteiger partial charge on any atom is 0.331 e. The molecule has 8 heteroatoms. The van der Waals surface area contributed by atoms with Gasteiger partial charge in [-0.1, -0.05) is 0 Å². The standard InChI is InChI=1S/C17H20N4O4/c1-17(2,16(24)25)21-9-11(8-18-21)19-14(22)12-7-10-5-3-4-6-13(10)20-15(12)23/h7-9H,3-6H2,1-2H3,(H,19,22)(H,20,23)(H,24,25). The van der Waals surface area contributed by atoms with Gasteiger partial charge < -0.3 is 15.4 Å². The van der Waals surface area contributed by atoms with Crippen LogP contribution in [0.4, 0.5) is 5.69 Å². The van der Waals surface area contributed by atoms with Crippen molar-refractivity contribution in [1.29, 1.82) is 0 Å². The van der Waals surface area contributed by atoms with Gasteiger partial charge in [-0.25, -0.2) is 4.79 Å². The van der Waals surface area contributed by atoms with Crippen molar-refractivity contribution in [3.8, 4) is 0 Å². The average molecular weight is 344 g/mol. The number of rotatable bonds is 4. The number of aliphatic carboxylic acids is 1. The molecule has 1 amide bonds. The van der Waals surface area contributed by atoms with E-state index in [0.29, 0.717) is 5.69 Å². The Bertz CT molecular complexity index is 894. The third kappa shape index (κ3) is 3.19. The lowest BCUT2D eigenvalue weighted by atomic mass is 9.95. The van der Waals surface area contributed by atoms with Gasteiger partial charge in [0.2, 0.25) is 0 Å². The molecule has 25 heavy (non-hydrogen) atoms. The molecule has 2 aromatic heterocycles. The molecule has 0 radical (unpaired) electrons. The summed E-state index contributed by atoms with van der Waals surface area (Å²) in [4.78, 5) is 38.6. The maximum atomic E-state index is 12.4. The van der Waals surface area contributed by atoms with Gasteiger partial charge in [-0.15, -0.1) is 0 Å². The molecular weight excluding hydrogens is 324 g/mol. The van der Waals surface area contributed by atoms with Crippen LogP contribution in [-0.4, -0.2) is 31.7 Å². The molecule has 8 nitrogen and oxygen atoms in total.